The molecule has 2 aliphatic rings. The number of sulfonamides is 1. The van der Waals surface area contributed by atoms with Gasteiger partial charge in [-0.2, -0.15) is 0 Å². The molecule has 3 aromatic carbocycles. The van der Waals surface area contributed by atoms with Gasteiger partial charge in [-0.05, 0) is 66.6 Å². The predicted octanol–water partition coefficient (Wildman–Crippen LogP) is 3.27. The van der Waals surface area contributed by atoms with E-state index in [9.17, 15) is 18.0 Å². The first-order chi connectivity index (χ1) is 16.9. The van der Waals surface area contributed by atoms with Crippen molar-refractivity contribution in [2.24, 2.45) is 0 Å². The molecule has 2 aliphatic heterocycles. The van der Waals surface area contributed by atoms with Gasteiger partial charge in [0, 0.05) is 36.4 Å². The standard InChI is InChI=1S/C25H23N3O6S/c29-24-5-2-12-28(24)20-9-7-19(8-10-20)27-25(30)18-3-1-4-21(14-18)35(31,32)26-15-17-6-11-22-23(13-17)34-16-33-22/h1,3-4,6-11,13-14,26H,2,5,12,15-16H2,(H,27,30). The molecule has 2 N–H and O–H groups in total. The van der Waals surface area contributed by atoms with Gasteiger partial charge in [0.05, 0.1) is 4.90 Å². The third-order valence-electron chi connectivity index (χ3n) is 5.82. The molecule has 1 saturated heterocycles. The van der Waals surface area contributed by atoms with Crippen LogP contribution in [0.2, 0.25) is 0 Å². The highest BCUT2D eigenvalue weighted by Crippen LogP contribution is 2.32. The molecule has 9 nitrogen and oxygen atoms in total. The molecular weight excluding hydrogens is 470 g/mol. The SMILES string of the molecule is O=C(Nc1ccc(N2CCCC2=O)cc1)c1cccc(S(=O)(=O)NCc2ccc3c(c2)OCO3)c1. The van der Waals surface area contributed by atoms with Crippen LogP contribution in [0.25, 0.3) is 0 Å². The van der Waals surface area contributed by atoms with Gasteiger partial charge in [0.25, 0.3) is 5.91 Å². The summed E-state index contributed by atoms with van der Waals surface area (Å²) in [6, 6.07) is 18.0. The lowest BCUT2D eigenvalue weighted by molar-refractivity contribution is -0.117. The lowest BCUT2D eigenvalue weighted by Crippen LogP contribution is -2.24. The van der Waals surface area contributed by atoms with Crippen molar-refractivity contribution in [2.75, 3.05) is 23.6 Å². The van der Waals surface area contributed by atoms with Gasteiger partial charge in [0.15, 0.2) is 11.5 Å². The summed E-state index contributed by atoms with van der Waals surface area (Å²) in [4.78, 5) is 26.4. The van der Waals surface area contributed by atoms with E-state index in [-0.39, 0.29) is 29.7 Å². The summed E-state index contributed by atoms with van der Waals surface area (Å²) >= 11 is 0. The Morgan fingerprint density at radius 2 is 1.77 bits per heavy atom. The summed E-state index contributed by atoms with van der Waals surface area (Å²) in [6.45, 7) is 0.886. The second-order valence-electron chi connectivity index (χ2n) is 8.19. The Morgan fingerprint density at radius 1 is 0.971 bits per heavy atom. The number of hydrogen-bond acceptors (Lipinski definition) is 6. The molecule has 35 heavy (non-hydrogen) atoms. The van der Waals surface area contributed by atoms with Crippen LogP contribution in [0.1, 0.15) is 28.8 Å². The number of amides is 2. The fraction of sp³-hybridized carbons (Fsp3) is 0.200. The number of carbonyl (C=O) groups is 2. The maximum Gasteiger partial charge on any atom is 0.255 e. The topological polar surface area (TPSA) is 114 Å². The number of carbonyl (C=O) groups excluding carboxylic acids is 2. The van der Waals surface area contributed by atoms with Crippen molar-refractivity contribution >= 4 is 33.2 Å². The van der Waals surface area contributed by atoms with Crippen LogP contribution in [0.5, 0.6) is 11.5 Å². The molecule has 0 bridgehead atoms. The fourth-order valence-corrected chi connectivity index (χ4v) is 5.03. The molecule has 2 heterocycles. The molecule has 0 radical (unpaired) electrons. The van der Waals surface area contributed by atoms with Gasteiger partial charge in [-0.25, -0.2) is 13.1 Å². The van der Waals surface area contributed by atoms with Crippen LogP contribution < -0.4 is 24.4 Å². The van der Waals surface area contributed by atoms with E-state index in [0.717, 1.165) is 12.1 Å². The van der Waals surface area contributed by atoms with Gasteiger partial charge in [0.2, 0.25) is 22.7 Å². The Labute approximate surface area is 202 Å². The molecule has 10 heteroatoms. The van der Waals surface area contributed by atoms with Crippen LogP contribution >= 0.6 is 0 Å². The summed E-state index contributed by atoms with van der Waals surface area (Å²) in [6.07, 6.45) is 1.38. The summed E-state index contributed by atoms with van der Waals surface area (Å²) in [5, 5.41) is 2.76. The monoisotopic (exact) mass is 493 g/mol. The molecular formula is C25H23N3O6S. The molecule has 5 rings (SSSR count). The first kappa shape index (κ1) is 22.9. The minimum Gasteiger partial charge on any atom is -0.454 e. The molecule has 0 atom stereocenters. The van der Waals surface area contributed by atoms with Crippen LogP contribution in [-0.4, -0.2) is 33.6 Å². The predicted molar refractivity (Wildman–Crippen MR) is 129 cm³/mol. The quantitative estimate of drug-likeness (QED) is 0.522. The van der Waals surface area contributed by atoms with Crippen molar-refractivity contribution in [3.8, 4) is 11.5 Å². The number of fused-ring (bicyclic) bond motifs is 1. The third kappa shape index (κ3) is 4.98. The highest BCUT2D eigenvalue weighted by atomic mass is 32.2. The maximum absolute atomic E-state index is 12.8. The lowest BCUT2D eigenvalue weighted by atomic mass is 10.2. The zero-order chi connectivity index (χ0) is 24.4. The first-order valence-electron chi connectivity index (χ1n) is 11.1. The van der Waals surface area contributed by atoms with Crippen LogP contribution in [0, 0.1) is 0 Å². The van der Waals surface area contributed by atoms with E-state index in [0.29, 0.717) is 35.7 Å². The van der Waals surface area contributed by atoms with E-state index in [1.54, 1.807) is 53.4 Å². The highest BCUT2D eigenvalue weighted by molar-refractivity contribution is 7.89. The van der Waals surface area contributed by atoms with E-state index in [4.69, 9.17) is 9.47 Å². The number of nitrogens with zero attached hydrogens (tertiary/aromatic N) is 1. The second-order valence-corrected chi connectivity index (χ2v) is 9.96. The molecule has 0 saturated carbocycles. The van der Waals surface area contributed by atoms with Crippen LogP contribution in [0.3, 0.4) is 0 Å². The number of benzene rings is 3. The van der Waals surface area contributed by atoms with Crippen molar-refractivity contribution < 1.29 is 27.5 Å². The first-order valence-corrected chi connectivity index (χ1v) is 12.6. The van der Waals surface area contributed by atoms with E-state index in [2.05, 4.69) is 10.0 Å². The molecule has 1 fully saturated rings. The molecule has 0 aliphatic carbocycles. The number of anilines is 2. The molecule has 3 aromatic rings. The summed E-state index contributed by atoms with van der Waals surface area (Å²) < 4.78 is 38.8. The van der Waals surface area contributed by atoms with Gasteiger partial charge in [-0.1, -0.05) is 12.1 Å². The molecule has 180 valence electrons. The molecule has 2 amide bonds. The van der Waals surface area contributed by atoms with Crippen molar-refractivity contribution in [3.63, 3.8) is 0 Å². The van der Waals surface area contributed by atoms with Gasteiger partial charge >= 0.3 is 0 Å². The van der Waals surface area contributed by atoms with Crippen LogP contribution in [-0.2, 0) is 21.4 Å². The second kappa shape index (κ2) is 9.40. The van der Waals surface area contributed by atoms with Crippen LogP contribution in [0.4, 0.5) is 11.4 Å². The molecule has 0 unspecified atom stereocenters. The number of ether oxygens (including phenoxy) is 2. The van der Waals surface area contributed by atoms with Gasteiger partial charge in [-0.3, -0.25) is 9.59 Å². The highest BCUT2D eigenvalue weighted by Gasteiger charge is 2.22. The van der Waals surface area contributed by atoms with Crippen molar-refractivity contribution in [2.45, 2.75) is 24.3 Å². The van der Waals surface area contributed by atoms with Crippen LogP contribution in [0.15, 0.2) is 71.6 Å². The summed E-state index contributed by atoms with van der Waals surface area (Å²) in [7, 11) is -3.86. The normalized spacial score (nSPS) is 14.9. The van der Waals surface area contributed by atoms with Gasteiger partial charge in [0.1, 0.15) is 0 Å². The van der Waals surface area contributed by atoms with E-state index in [1.165, 1.54) is 18.2 Å². The fourth-order valence-electron chi connectivity index (χ4n) is 3.97. The number of rotatable bonds is 7. The van der Waals surface area contributed by atoms with E-state index < -0.39 is 15.9 Å². The Bertz CT molecular complexity index is 1390. The van der Waals surface area contributed by atoms with Crippen molar-refractivity contribution in [1.29, 1.82) is 0 Å². The van der Waals surface area contributed by atoms with Gasteiger partial charge in [-0.15, -0.1) is 0 Å². The Hall–Kier alpha value is -3.89. The smallest absolute Gasteiger partial charge is 0.255 e. The van der Waals surface area contributed by atoms with Crippen molar-refractivity contribution in [1.82, 2.24) is 4.72 Å². The largest absolute Gasteiger partial charge is 0.454 e. The summed E-state index contributed by atoms with van der Waals surface area (Å²) in [5.41, 5.74) is 2.24. The Kier molecular flexibility index (Phi) is 6.14. The minimum atomic E-state index is -3.86. The van der Waals surface area contributed by atoms with Gasteiger partial charge < -0.3 is 19.7 Å². The Balaban J connectivity index is 1.24. The average molecular weight is 494 g/mol. The zero-order valence-electron chi connectivity index (χ0n) is 18.7. The minimum absolute atomic E-state index is 0.0196. The third-order valence-corrected chi connectivity index (χ3v) is 7.22. The Morgan fingerprint density at radius 3 is 2.54 bits per heavy atom. The average Bonchev–Trinajstić information content (AvgIpc) is 3.52. The lowest BCUT2D eigenvalue weighted by Gasteiger charge is -2.16. The summed E-state index contributed by atoms with van der Waals surface area (Å²) in [5.74, 6) is 0.838. The maximum atomic E-state index is 12.8. The van der Waals surface area contributed by atoms with E-state index >= 15 is 0 Å². The number of nitrogens with one attached hydrogen (secondary N) is 2. The van der Waals surface area contributed by atoms with E-state index in [1.807, 2.05) is 0 Å². The zero-order valence-corrected chi connectivity index (χ0v) is 19.5. The molecule has 0 spiro atoms. The molecule has 0 aromatic heterocycles. The van der Waals surface area contributed by atoms with Crippen molar-refractivity contribution in [3.05, 3.63) is 77.9 Å². The number of hydrogen-bond donors (Lipinski definition) is 2.